The molecule has 1 heterocycles. The number of rotatable bonds is 6. The Hall–Kier alpha value is -3.73. The molecule has 0 radical (unpaired) electrons. The largest absolute Gasteiger partial charge is 0.391 e. The van der Waals surface area contributed by atoms with Crippen molar-refractivity contribution in [2.24, 2.45) is 5.16 Å². The Labute approximate surface area is 186 Å². The van der Waals surface area contributed by atoms with E-state index >= 15 is 0 Å². The topological polar surface area (TPSA) is 26.5 Å². The first kappa shape index (κ1) is 21.5. The van der Waals surface area contributed by atoms with Gasteiger partial charge in [0, 0.05) is 16.9 Å². The van der Waals surface area contributed by atoms with Crippen LogP contribution in [0.15, 0.2) is 84.0 Å². The third kappa shape index (κ3) is 4.62. The fraction of sp³-hybridized carbons (Fsp3) is 0.148. The average molecular weight is 430 g/mol. The van der Waals surface area contributed by atoms with Crippen molar-refractivity contribution < 1.29 is 13.6 Å². The molecule has 0 aliphatic rings. The van der Waals surface area contributed by atoms with Gasteiger partial charge in [-0.05, 0) is 92.1 Å². The lowest BCUT2D eigenvalue weighted by Crippen LogP contribution is -2.03. The number of aryl methyl sites for hydroxylation is 1. The lowest BCUT2D eigenvalue weighted by atomic mass is 10.1. The second-order valence-electron chi connectivity index (χ2n) is 7.79. The van der Waals surface area contributed by atoms with Crippen LogP contribution in [-0.2, 0) is 11.4 Å². The van der Waals surface area contributed by atoms with Gasteiger partial charge in [0.25, 0.3) is 0 Å². The van der Waals surface area contributed by atoms with Crippen LogP contribution in [0, 0.1) is 25.5 Å². The van der Waals surface area contributed by atoms with E-state index in [1.165, 1.54) is 24.3 Å². The summed E-state index contributed by atoms with van der Waals surface area (Å²) in [6.07, 6.45) is 0. The van der Waals surface area contributed by atoms with Crippen LogP contribution in [0.25, 0.3) is 16.9 Å². The summed E-state index contributed by atoms with van der Waals surface area (Å²) in [5, 5.41) is 4.30. The molecule has 162 valence electrons. The zero-order chi connectivity index (χ0) is 22.7. The van der Waals surface area contributed by atoms with Crippen molar-refractivity contribution in [2.45, 2.75) is 27.4 Å². The maximum atomic E-state index is 13.5. The first-order valence-electron chi connectivity index (χ1n) is 10.4. The van der Waals surface area contributed by atoms with Gasteiger partial charge in [0.2, 0.25) is 0 Å². The van der Waals surface area contributed by atoms with Crippen LogP contribution in [-0.4, -0.2) is 10.3 Å². The first-order valence-corrected chi connectivity index (χ1v) is 10.4. The summed E-state index contributed by atoms with van der Waals surface area (Å²) in [6.45, 7) is 6.22. The van der Waals surface area contributed by atoms with Crippen LogP contribution in [0.4, 0.5) is 8.78 Å². The SMILES string of the molecule is C/C(=N/OCc1ccc(F)cc1)c1cc(-c2ccc(F)cc2)n(-c2cccc(C)c2)c1C. The molecule has 32 heavy (non-hydrogen) atoms. The molecule has 0 saturated heterocycles. The molecule has 4 rings (SSSR count). The third-order valence-electron chi connectivity index (χ3n) is 5.38. The minimum absolute atomic E-state index is 0.250. The summed E-state index contributed by atoms with van der Waals surface area (Å²) in [5.74, 6) is -0.554. The Morgan fingerprint density at radius 1 is 0.875 bits per heavy atom. The van der Waals surface area contributed by atoms with E-state index in [2.05, 4.69) is 28.8 Å². The fourth-order valence-electron chi connectivity index (χ4n) is 3.74. The van der Waals surface area contributed by atoms with Gasteiger partial charge in [-0.3, -0.25) is 0 Å². The predicted molar refractivity (Wildman–Crippen MR) is 124 cm³/mol. The van der Waals surface area contributed by atoms with E-state index in [1.807, 2.05) is 32.0 Å². The van der Waals surface area contributed by atoms with Crippen LogP contribution in [0.2, 0.25) is 0 Å². The Morgan fingerprint density at radius 2 is 1.53 bits per heavy atom. The van der Waals surface area contributed by atoms with Gasteiger partial charge in [-0.1, -0.05) is 29.4 Å². The molecule has 5 heteroatoms. The minimum atomic E-state index is -0.283. The molecule has 0 amide bonds. The number of benzene rings is 3. The quantitative estimate of drug-likeness (QED) is 0.239. The van der Waals surface area contributed by atoms with E-state index in [0.29, 0.717) is 0 Å². The molecule has 0 aliphatic carbocycles. The lowest BCUT2D eigenvalue weighted by molar-refractivity contribution is 0.130. The molecule has 0 atom stereocenters. The Morgan fingerprint density at radius 3 is 2.19 bits per heavy atom. The van der Waals surface area contributed by atoms with Gasteiger partial charge in [0.15, 0.2) is 0 Å². The molecule has 0 bridgehead atoms. The van der Waals surface area contributed by atoms with Gasteiger partial charge in [0.1, 0.15) is 18.2 Å². The van der Waals surface area contributed by atoms with Crippen LogP contribution < -0.4 is 0 Å². The normalized spacial score (nSPS) is 11.6. The average Bonchev–Trinajstić information content (AvgIpc) is 3.13. The molecular formula is C27H24F2N2O. The lowest BCUT2D eigenvalue weighted by Gasteiger charge is -2.13. The van der Waals surface area contributed by atoms with E-state index in [9.17, 15) is 8.78 Å². The summed E-state index contributed by atoms with van der Waals surface area (Å²) in [4.78, 5) is 5.53. The first-order chi connectivity index (χ1) is 15.4. The number of hydrogen-bond acceptors (Lipinski definition) is 2. The van der Waals surface area contributed by atoms with E-state index in [4.69, 9.17) is 4.84 Å². The molecule has 0 fully saturated rings. The van der Waals surface area contributed by atoms with Crippen LogP contribution >= 0.6 is 0 Å². The van der Waals surface area contributed by atoms with Crippen molar-refractivity contribution in [2.75, 3.05) is 0 Å². The molecular weight excluding hydrogens is 406 g/mol. The van der Waals surface area contributed by atoms with Crippen molar-refractivity contribution in [1.82, 2.24) is 4.57 Å². The zero-order valence-electron chi connectivity index (χ0n) is 18.3. The number of hydrogen-bond donors (Lipinski definition) is 0. The monoisotopic (exact) mass is 430 g/mol. The van der Waals surface area contributed by atoms with Crippen LogP contribution in [0.3, 0.4) is 0 Å². The van der Waals surface area contributed by atoms with E-state index < -0.39 is 0 Å². The highest BCUT2D eigenvalue weighted by Crippen LogP contribution is 2.30. The standard InChI is InChI=1S/C27H24F2N2O/c1-18-5-4-6-25(15-18)31-20(3)26(16-27(31)22-9-13-24(29)14-10-22)19(2)30-32-17-21-7-11-23(28)12-8-21/h4-16H,17H2,1-3H3/b30-19-. The predicted octanol–water partition coefficient (Wildman–Crippen LogP) is 6.98. The van der Waals surface area contributed by atoms with Crippen molar-refractivity contribution >= 4 is 5.71 Å². The van der Waals surface area contributed by atoms with Crippen LogP contribution in [0.1, 0.15) is 29.3 Å². The van der Waals surface area contributed by atoms with Gasteiger partial charge in [-0.15, -0.1) is 0 Å². The molecule has 0 unspecified atom stereocenters. The zero-order valence-corrected chi connectivity index (χ0v) is 18.3. The highest BCUT2D eigenvalue weighted by molar-refractivity contribution is 6.01. The van der Waals surface area contributed by atoms with Gasteiger partial charge < -0.3 is 9.40 Å². The van der Waals surface area contributed by atoms with Gasteiger partial charge in [-0.2, -0.15) is 0 Å². The highest BCUT2D eigenvalue weighted by Gasteiger charge is 2.17. The van der Waals surface area contributed by atoms with Crippen molar-refractivity contribution in [3.05, 3.63) is 113 Å². The maximum absolute atomic E-state index is 13.5. The highest BCUT2D eigenvalue weighted by atomic mass is 19.1. The fourth-order valence-corrected chi connectivity index (χ4v) is 3.74. The van der Waals surface area contributed by atoms with E-state index in [0.717, 1.165) is 45.0 Å². The summed E-state index contributed by atoms with van der Waals surface area (Å²) >= 11 is 0. The second-order valence-corrected chi connectivity index (χ2v) is 7.79. The second kappa shape index (κ2) is 9.18. The minimum Gasteiger partial charge on any atom is -0.391 e. The summed E-state index contributed by atoms with van der Waals surface area (Å²) in [5.41, 5.74) is 7.51. The third-order valence-corrected chi connectivity index (χ3v) is 5.38. The molecule has 0 saturated carbocycles. The molecule has 1 aromatic heterocycles. The van der Waals surface area contributed by atoms with Crippen molar-refractivity contribution in [1.29, 1.82) is 0 Å². The molecule has 3 aromatic carbocycles. The molecule has 0 aliphatic heterocycles. The smallest absolute Gasteiger partial charge is 0.142 e. The van der Waals surface area contributed by atoms with Crippen molar-refractivity contribution in [3.8, 4) is 16.9 Å². The van der Waals surface area contributed by atoms with Crippen molar-refractivity contribution in [3.63, 3.8) is 0 Å². The Kier molecular flexibility index (Phi) is 6.17. The number of nitrogens with zero attached hydrogens (tertiary/aromatic N) is 2. The van der Waals surface area contributed by atoms with Gasteiger partial charge >= 0.3 is 0 Å². The summed E-state index contributed by atoms with van der Waals surface area (Å²) < 4.78 is 28.8. The number of aromatic nitrogens is 1. The number of halogens is 2. The summed E-state index contributed by atoms with van der Waals surface area (Å²) in [7, 11) is 0. The Balaban J connectivity index is 1.71. The molecule has 0 spiro atoms. The molecule has 4 aromatic rings. The molecule has 3 nitrogen and oxygen atoms in total. The Bertz CT molecular complexity index is 1260. The molecule has 0 N–H and O–H groups in total. The maximum Gasteiger partial charge on any atom is 0.142 e. The van der Waals surface area contributed by atoms with E-state index in [1.54, 1.807) is 24.3 Å². The van der Waals surface area contributed by atoms with Gasteiger partial charge in [0.05, 0.1) is 11.4 Å². The summed E-state index contributed by atoms with van der Waals surface area (Å²) in [6, 6.07) is 22.9. The van der Waals surface area contributed by atoms with E-state index in [-0.39, 0.29) is 18.2 Å². The van der Waals surface area contributed by atoms with Gasteiger partial charge in [-0.25, -0.2) is 8.78 Å². The number of oxime groups is 1. The van der Waals surface area contributed by atoms with Crippen LogP contribution in [0.5, 0.6) is 0 Å².